The number of urea groups is 1. The lowest BCUT2D eigenvalue weighted by Crippen LogP contribution is -2.34. The van der Waals surface area contributed by atoms with Crippen molar-refractivity contribution in [3.8, 4) is 0 Å². The molecule has 2 atom stereocenters. The summed E-state index contributed by atoms with van der Waals surface area (Å²) in [6.07, 6.45) is 4.57. The second kappa shape index (κ2) is 9.88. The Kier molecular flexibility index (Phi) is 7.53. The van der Waals surface area contributed by atoms with Crippen LogP contribution in [-0.2, 0) is 9.47 Å². The number of carbonyl (C=O) groups is 2. The van der Waals surface area contributed by atoms with E-state index in [0.717, 1.165) is 6.42 Å². The summed E-state index contributed by atoms with van der Waals surface area (Å²) in [4.78, 5) is 23.1. The van der Waals surface area contributed by atoms with Crippen LogP contribution in [0.25, 0.3) is 0 Å². The molecule has 7 heteroatoms. The highest BCUT2D eigenvalue weighted by Crippen LogP contribution is 2.26. The van der Waals surface area contributed by atoms with E-state index in [1.54, 1.807) is 24.3 Å². The number of hydrogen-bond donors (Lipinski definition) is 3. The van der Waals surface area contributed by atoms with Crippen LogP contribution < -0.4 is 16.0 Å². The van der Waals surface area contributed by atoms with Gasteiger partial charge in [-0.2, -0.15) is 0 Å². The molecule has 1 aromatic rings. The summed E-state index contributed by atoms with van der Waals surface area (Å²) in [6.45, 7) is 3.18. The highest BCUT2D eigenvalue weighted by atomic mass is 16.5. The van der Waals surface area contributed by atoms with Crippen LogP contribution in [0.3, 0.4) is 0 Å². The average Bonchev–Trinajstić information content (AvgIpc) is 2.60. The fraction of sp³-hybridized carbons (Fsp3) is 0.556. The van der Waals surface area contributed by atoms with Crippen molar-refractivity contribution in [3.05, 3.63) is 24.3 Å². The fourth-order valence-corrected chi connectivity index (χ4v) is 2.92. The molecular weight excluding hydrogens is 322 g/mol. The predicted octanol–water partition coefficient (Wildman–Crippen LogP) is 3.58. The molecule has 3 N–H and O–H groups in total. The first-order chi connectivity index (χ1) is 12.1. The highest BCUT2D eigenvalue weighted by molar-refractivity contribution is 5.91. The summed E-state index contributed by atoms with van der Waals surface area (Å²) in [7, 11) is 1.29. The summed E-state index contributed by atoms with van der Waals surface area (Å²) in [6, 6.07) is 6.52. The highest BCUT2D eigenvalue weighted by Gasteiger charge is 2.21. The fourth-order valence-electron chi connectivity index (χ4n) is 2.92. The molecule has 2 rings (SSSR count). The van der Waals surface area contributed by atoms with Crippen molar-refractivity contribution in [2.45, 2.75) is 38.7 Å². The quantitative estimate of drug-likeness (QED) is 0.685. The number of anilines is 2. The summed E-state index contributed by atoms with van der Waals surface area (Å²) in [5.41, 5.74) is 1.12. The van der Waals surface area contributed by atoms with Crippen LogP contribution in [0.1, 0.15) is 32.6 Å². The Balaban J connectivity index is 1.69. The van der Waals surface area contributed by atoms with E-state index >= 15 is 0 Å². The lowest BCUT2D eigenvalue weighted by Gasteiger charge is -2.28. The Bertz CT molecular complexity index is 579. The molecule has 1 aromatic carbocycles. The molecule has 25 heavy (non-hydrogen) atoms. The standard InChI is InChI=1S/C18H27N3O4/c1-13-6-3-4-9-16(13)25-11-10-19-17(22)20-14-7-5-8-15(12-14)21-18(23)24-2/h5,7-8,12-13,16H,3-4,6,9-11H2,1-2H3,(H,21,23)(H2,19,20,22)/t13-,16-/m1/s1. The molecule has 0 radical (unpaired) electrons. The number of carbonyl (C=O) groups excluding carboxylic acids is 2. The Morgan fingerprint density at radius 3 is 2.60 bits per heavy atom. The van der Waals surface area contributed by atoms with E-state index in [4.69, 9.17) is 4.74 Å². The third-order valence-electron chi connectivity index (χ3n) is 4.30. The minimum absolute atomic E-state index is 0.305. The Morgan fingerprint density at radius 1 is 1.16 bits per heavy atom. The number of benzene rings is 1. The van der Waals surface area contributed by atoms with Crippen LogP contribution in [0.4, 0.5) is 21.0 Å². The molecule has 0 spiro atoms. The van der Waals surface area contributed by atoms with Crippen LogP contribution in [-0.4, -0.2) is 38.5 Å². The maximum absolute atomic E-state index is 11.9. The van der Waals surface area contributed by atoms with Crippen LogP contribution in [0.2, 0.25) is 0 Å². The van der Waals surface area contributed by atoms with Crippen LogP contribution in [0.5, 0.6) is 0 Å². The molecule has 0 unspecified atom stereocenters. The second-order valence-electron chi connectivity index (χ2n) is 6.25. The van der Waals surface area contributed by atoms with Crippen molar-refractivity contribution >= 4 is 23.5 Å². The van der Waals surface area contributed by atoms with Crippen LogP contribution in [0.15, 0.2) is 24.3 Å². The van der Waals surface area contributed by atoms with E-state index in [0.29, 0.717) is 36.5 Å². The summed E-state index contributed by atoms with van der Waals surface area (Å²) in [5, 5.41) is 8.04. The largest absolute Gasteiger partial charge is 0.453 e. The van der Waals surface area contributed by atoms with E-state index in [1.165, 1.54) is 26.4 Å². The van der Waals surface area contributed by atoms with Gasteiger partial charge < -0.3 is 20.1 Å². The first-order valence-electron chi connectivity index (χ1n) is 8.70. The molecule has 7 nitrogen and oxygen atoms in total. The third kappa shape index (κ3) is 6.62. The smallest absolute Gasteiger partial charge is 0.411 e. The van der Waals surface area contributed by atoms with Gasteiger partial charge in [0.2, 0.25) is 0 Å². The zero-order chi connectivity index (χ0) is 18.1. The van der Waals surface area contributed by atoms with E-state index in [1.807, 2.05) is 0 Å². The molecule has 1 aliphatic rings. The summed E-state index contributed by atoms with van der Waals surface area (Å²) in [5.74, 6) is 0.590. The van der Waals surface area contributed by atoms with Crippen molar-refractivity contribution in [2.75, 3.05) is 30.9 Å². The van der Waals surface area contributed by atoms with E-state index in [9.17, 15) is 9.59 Å². The van der Waals surface area contributed by atoms with Crippen LogP contribution in [0, 0.1) is 5.92 Å². The molecule has 1 aliphatic carbocycles. The monoisotopic (exact) mass is 349 g/mol. The normalized spacial score (nSPS) is 19.8. The van der Waals surface area contributed by atoms with Gasteiger partial charge in [0.05, 0.1) is 19.8 Å². The maximum Gasteiger partial charge on any atom is 0.411 e. The molecule has 1 fully saturated rings. The molecule has 1 saturated carbocycles. The number of ether oxygens (including phenoxy) is 2. The lowest BCUT2D eigenvalue weighted by molar-refractivity contribution is -0.00232. The van der Waals surface area contributed by atoms with Crippen molar-refractivity contribution in [1.29, 1.82) is 0 Å². The van der Waals surface area contributed by atoms with E-state index in [2.05, 4.69) is 27.6 Å². The van der Waals surface area contributed by atoms with Gasteiger partial charge in [0.25, 0.3) is 0 Å². The zero-order valence-electron chi connectivity index (χ0n) is 14.8. The molecule has 138 valence electrons. The first kappa shape index (κ1) is 19.1. The molecule has 0 aromatic heterocycles. The van der Waals surface area contributed by atoms with Gasteiger partial charge in [-0.15, -0.1) is 0 Å². The van der Waals surface area contributed by atoms with Gasteiger partial charge in [-0.1, -0.05) is 25.8 Å². The van der Waals surface area contributed by atoms with Gasteiger partial charge >= 0.3 is 12.1 Å². The number of methoxy groups -OCH3 is 1. The van der Waals surface area contributed by atoms with Gasteiger partial charge in [0.15, 0.2) is 0 Å². The van der Waals surface area contributed by atoms with Crippen molar-refractivity contribution in [3.63, 3.8) is 0 Å². The Morgan fingerprint density at radius 2 is 1.88 bits per heavy atom. The van der Waals surface area contributed by atoms with Crippen molar-refractivity contribution in [2.24, 2.45) is 5.92 Å². The van der Waals surface area contributed by atoms with Crippen molar-refractivity contribution in [1.82, 2.24) is 5.32 Å². The van der Waals surface area contributed by atoms with Gasteiger partial charge in [0.1, 0.15) is 0 Å². The number of rotatable bonds is 6. The summed E-state index contributed by atoms with van der Waals surface area (Å²) < 4.78 is 10.4. The SMILES string of the molecule is COC(=O)Nc1cccc(NC(=O)NCCO[C@@H]2CCCC[C@H]2C)c1. The molecular formula is C18H27N3O4. The Hall–Kier alpha value is -2.28. The lowest BCUT2D eigenvalue weighted by atomic mass is 9.88. The van der Waals surface area contributed by atoms with Gasteiger partial charge in [-0.3, -0.25) is 5.32 Å². The first-order valence-corrected chi connectivity index (χ1v) is 8.70. The second-order valence-corrected chi connectivity index (χ2v) is 6.25. The Labute approximate surface area is 148 Å². The summed E-state index contributed by atoms with van der Waals surface area (Å²) >= 11 is 0. The van der Waals surface area contributed by atoms with E-state index < -0.39 is 6.09 Å². The molecule has 3 amide bonds. The number of amides is 3. The third-order valence-corrected chi connectivity index (χ3v) is 4.30. The topological polar surface area (TPSA) is 88.7 Å². The van der Waals surface area contributed by atoms with Crippen molar-refractivity contribution < 1.29 is 19.1 Å². The molecule has 0 aliphatic heterocycles. The zero-order valence-corrected chi connectivity index (χ0v) is 14.8. The minimum Gasteiger partial charge on any atom is -0.453 e. The predicted molar refractivity (Wildman–Crippen MR) is 96.9 cm³/mol. The number of nitrogens with one attached hydrogen (secondary N) is 3. The minimum atomic E-state index is -0.560. The molecule has 0 saturated heterocycles. The molecule has 0 heterocycles. The average molecular weight is 349 g/mol. The van der Waals surface area contributed by atoms with Gasteiger partial charge in [0, 0.05) is 17.9 Å². The van der Waals surface area contributed by atoms with E-state index in [-0.39, 0.29) is 6.03 Å². The van der Waals surface area contributed by atoms with Crippen LogP contribution >= 0.6 is 0 Å². The van der Waals surface area contributed by atoms with Gasteiger partial charge in [-0.25, -0.2) is 9.59 Å². The number of hydrogen-bond acceptors (Lipinski definition) is 4. The molecule has 0 bridgehead atoms. The maximum atomic E-state index is 11.9. The van der Waals surface area contributed by atoms with Gasteiger partial charge in [-0.05, 0) is 37.0 Å².